The van der Waals surface area contributed by atoms with Gasteiger partial charge in [0.05, 0.1) is 17.6 Å². The van der Waals surface area contributed by atoms with Gasteiger partial charge >= 0.3 is 0 Å². The summed E-state index contributed by atoms with van der Waals surface area (Å²) < 4.78 is 23.9. The Labute approximate surface area is 105 Å². The Bertz CT molecular complexity index is 645. The molecule has 4 nitrogen and oxygen atoms in total. The maximum Gasteiger partial charge on any atom is 0.251 e. The third kappa shape index (κ3) is 2.50. The maximum absolute atomic E-state index is 11.4. The molecule has 90 valence electrons. The molecule has 2 aromatic rings. The SMILES string of the molecule is Cc1cc(-c2ccc(Cl)cc2)nn1S(C)(=O)=O. The lowest BCUT2D eigenvalue weighted by atomic mass is 10.1. The van der Waals surface area contributed by atoms with Gasteiger partial charge in [-0.05, 0) is 25.1 Å². The predicted octanol–water partition coefficient (Wildman–Crippen LogP) is 2.32. The van der Waals surface area contributed by atoms with E-state index in [0.29, 0.717) is 16.4 Å². The Balaban J connectivity index is 2.52. The fourth-order valence-electron chi connectivity index (χ4n) is 1.56. The summed E-state index contributed by atoms with van der Waals surface area (Å²) in [5, 5.41) is 4.70. The van der Waals surface area contributed by atoms with E-state index >= 15 is 0 Å². The van der Waals surface area contributed by atoms with Gasteiger partial charge < -0.3 is 0 Å². The van der Waals surface area contributed by atoms with Crippen LogP contribution >= 0.6 is 11.6 Å². The van der Waals surface area contributed by atoms with Gasteiger partial charge in [0.1, 0.15) is 0 Å². The Morgan fingerprint density at radius 1 is 1.24 bits per heavy atom. The van der Waals surface area contributed by atoms with Crippen LogP contribution in [0.15, 0.2) is 30.3 Å². The van der Waals surface area contributed by atoms with Gasteiger partial charge in [0.25, 0.3) is 10.0 Å². The summed E-state index contributed by atoms with van der Waals surface area (Å²) in [6, 6.07) is 8.81. The molecule has 17 heavy (non-hydrogen) atoms. The minimum Gasteiger partial charge on any atom is -0.205 e. The van der Waals surface area contributed by atoms with Gasteiger partial charge in [-0.2, -0.15) is 9.19 Å². The third-order valence-electron chi connectivity index (χ3n) is 2.30. The summed E-state index contributed by atoms with van der Waals surface area (Å²) in [7, 11) is -3.35. The smallest absolute Gasteiger partial charge is 0.205 e. The van der Waals surface area contributed by atoms with Crippen LogP contribution in [0.5, 0.6) is 0 Å². The van der Waals surface area contributed by atoms with Crippen LogP contribution in [0.1, 0.15) is 5.69 Å². The molecule has 0 radical (unpaired) electrons. The molecule has 0 atom stereocenters. The Morgan fingerprint density at radius 2 is 1.82 bits per heavy atom. The molecule has 1 aromatic heterocycles. The van der Waals surface area contributed by atoms with E-state index in [1.165, 1.54) is 0 Å². The molecule has 0 aliphatic rings. The molecule has 0 amide bonds. The second-order valence-electron chi connectivity index (χ2n) is 3.78. The zero-order valence-corrected chi connectivity index (χ0v) is 11.0. The first-order valence-corrected chi connectivity index (χ1v) is 7.14. The van der Waals surface area contributed by atoms with Crippen molar-refractivity contribution in [3.63, 3.8) is 0 Å². The molecule has 0 saturated heterocycles. The van der Waals surface area contributed by atoms with E-state index in [9.17, 15) is 8.42 Å². The minimum atomic E-state index is -3.35. The van der Waals surface area contributed by atoms with Crippen LogP contribution < -0.4 is 0 Å². The third-order valence-corrected chi connectivity index (χ3v) is 3.55. The van der Waals surface area contributed by atoms with Gasteiger partial charge in [0.15, 0.2) is 0 Å². The second-order valence-corrected chi connectivity index (χ2v) is 6.03. The van der Waals surface area contributed by atoms with E-state index in [-0.39, 0.29) is 0 Å². The van der Waals surface area contributed by atoms with Crippen molar-refractivity contribution in [2.24, 2.45) is 0 Å². The summed E-state index contributed by atoms with van der Waals surface area (Å²) >= 11 is 5.79. The van der Waals surface area contributed by atoms with Gasteiger partial charge in [0.2, 0.25) is 0 Å². The molecule has 0 bridgehead atoms. The number of rotatable bonds is 2. The molecule has 6 heteroatoms. The van der Waals surface area contributed by atoms with E-state index in [1.807, 2.05) is 0 Å². The monoisotopic (exact) mass is 270 g/mol. The number of nitrogens with zero attached hydrogens (tertiary/aromatic N) is 2. The predicted molar refractivity (Wildman–Crippen MR) is 67.7 cm³/mol. The molecule has 0 aliphatic heterocycles. The first-order valence-electron chi connectivity index (χ1n) is 4.91. The summed E-state index contributed by atoms with van der Waals surface area (Å²) in [6.07, 6.45) is 1.12. The van der Waals surface area contributed by atoms with Gasteiger partial charge in [-0.25, -0.2) is 8.42 Å². The minimum absolute atomic E-state index is 0.581. The number of hydrogen-bond donors (Lipinski definition) is 0. The van der Waals surface area contributed by atoms with E-state index in [0.717, 1.165) is 15.9 Å². The topological polar surface area (TPSA) is 52.0 Å². The van der Waals surface area contributed by atoms with Crippen LogP contribution in [-0.4, -0.2) is 23.9 Å². The molecule has 0 saturated carbocycles. The molecule has 0 aliphatic carbocycles. The van der Waals surface area contributed by atoms with Crippen molar-refractivity contribution in [3.8, 4) is 11.3 Å². The lowest BCUT2D eigenvalue weighted by Crippen LogP contribution is -2.13. The molecule has 1 heterocycles. The quantitative estimate of drug-likeness (QED) is 0.841. The summed E-state index contributed by atoms with van der Waals surface area (Å²) in [5.41, 5.74) is 2.03. The molecule has 0 N–H and O–H groups in total. The molecule has 0 spiro atoms. The summed E-state index contributed by atoms with van der Waals surface area (Å²) in [6.45, 7) is 1.70. The largest absolute Gasteiger partial charge is 0.251 e. The van der Waals surface area contributed by atoms with E-state index in [4.69, 9.17) is 11.6 Å². The number of aryl methyl sites for hydroxylation is 1. The maximum atomic E-state index is 11.4. The lowest BCUT2D eigenvalue weighted by molar-refractivity contribution is 0.585. The van der Waals surface area contributed by atoms with Crippen molar-refractivity contribution in [3.05, 3.63) is 41.0 Å². The van der Waals surface area contributed by atoms with E-state index in [1.54, 1.807) is 37.3 Å². The van der Waals surface area contributed by atoms with Crippen LogP contribution in [0.4, 0.5) is 0 Å². The van der Waals surface area contributed by atoms with Crippen LogP contribution in [0, 0.1) is 6.92 Å². The van der Waals surface area contributed by atoms with E-state index < -0.39 is 10.0 Å². The van der Waals surface area contributed by atoms with Gasteiger partial charge in [0, 0.05) is 10.6 Å². The highest BCUT2D eigenvalue weighted by Gasteiger charge is 2.13. The average Bonchev–Trinajstić information content (AvgIpc) is 2.61. The van der Waals surface area contributed by atoms with Crippen molar-refractivity contribution in [1.29, 1.82) is 0 Å². The van der Waals surface area contributed by atoms with Crippen molar-refractivity contribution in [2.75, 3.05) is 6.26 Å². The highest BCUT2D eigenvalue weighted by Crippen LogP contribution is 2.21. The summed E-state index contributed by atoms with van der Waals surface area (Å²) in [5.74, 6) is 0. The van der Waals surface area contributed by atoms with Crippen molar-refractivity contribution >= 4 is 21.6 Å². The summed E-state index contributed by atoms with van der Waals surface area (Å²) in [4.78, 5) is 0. The van der Waals surface area contributed by atoms with Crippen molar-refractivity contribution in [2.45, 2.75) is 6.92 Å². The van der Waals surface area contributed by atoms with Gasteiger partial charge in [-0.1, -0.05) is 23.7 Å². The highest BCUT2D eigenvalue weighted by atomic mass is 35.5. The molecule has 2 rings (SSSR count). The highest BCUT2D eigenvalue weighted by molar-refractivity contribution is 7.89. The number of aromatic nitrogens is 2. The van der Waals surface area contributed by atoms with Crippen LogP contribution in [0.2, 0.25) is 5.02 Å². The standard InChI is InChI=1S/C11H11ClN2O2S/c1-8-7-11(13-14(8)17(2,15)16)9-3-5-10(12)6-4-9/h3-7H,1-2H3. The Hall–Kier alpha value is -1.33. The molecule has 0 fully saturated rings. The normalized spacial score (nSPS) is 11.7. The number of hydrogen-bond acceptors (Lipinski definition) is 3. The second kappa shape index (κ2) is 4.16. The number of benzene rings is 1. The fraction of sp³-hybridized carbons (Fsp3) is 0.182. The van der Waals surface area contributed by atoms with Gasteiger partial charge in [-0.15, -0.1) is 0 Å². The zero-order chi connectivity index (χ0) is 12.6. The lowest BCUT2D eigenvalue weighted by Gasteiger charge is -1.99. The Kier molecular flexibility index (Phi) is 2.97. The van der Waals surface area contributed by atoms with Crippen molar-refractivity contribution in [1.82, 2.24) is 9.19 Å². The van der Waals surface area contributed by atoms with Gasteiger partial charge in [-0.3, -0.25) is 0 Å². The number of halogens is 1. The molecular formula is C11H11ClN2O2S. The Morgan fingerprint density at radius 3 is 2.29 bits per heavy atom. The fourth-order valence-corrected chi connectivity index (χ4v) is 2.49. The van der Waals surface area contributed by atoms with Crippen LogP contribution in [0.3, 0.4) is 0 Å². The molecule has 0 unspecified atom stereocenters. The van der Waals surface area contributed by atoms with Crippen LogP contribution in [-0.2, 0) is 10.0 Å². The molecular weight excluding hydrogens is 260 g/mol. The van der Waals surface area contributed by atoms with Crippen LogP contribution in [0.25, 0.3) is 11.3 Å². The van der Waals surface area contributed by atoms with Crippen molar-refractivity contribution < 1.29 is 8.42 Å². The zero-order valence-electron chi connectivity index (χ0n) is 9.38. The first-order chi connectivity index (χ1) is 7.88. The molecule has 1 aromatic carbocycles. The average molecular weight is 271 g/mol. The van der Waals surface area contributed by atoms with E-state index in [2.05, 4.69) is 5.10 Å². The first kappa shape index (κ1) is 12.1.